The van der Waals surface area contributed by atoms with E-state index in [-0.39, 0.29) is 0 Å². The van der Waals surface area contributed by atoms with E-state index in [0.717, 1.165) is 29.0 Å². The molecule has 6 heteroatoms. The minimum Gasteiger partial charge on any atom is -0.370 e. The molecule has 0 saturated heterocycles. The van der Waals surface area contributed by atoms with E-state index in [1.54, 1.807) is 6.07 Å². The summed E-state index contributed by atoms with van der Waals surface area (Å²) in [6.45, 7) is 0.741. The van der Waals surface area contributed by atoms with Gasteiger partial charge in [-0.25, -0.2) is 9.97 Å². The molecular formula is C12H10BrCl2N3. The summed E-state index contributed by atoms with van der Waals surface area (Å²) in [5, 5.41) is 4.54. The lowest BCUT2D eigenvalue weighted by Gasteiger charge is -2.07. The van der Waals surface area contributed by atoms with Gasteiger partial charge < -0.3 is 5.32 Å². The molecule has 0 bridgehead atoms. The van der Waals surface area contributed by atoms with Crippen molar-refractivity contribution in [1.82, 2.24) is 9.97 Å². The Morgan fingerprint density at radius 1 is 1.17 bits per heavy atom. The number of halogens is 3. The van der Waals surface area contributed by atoms with E-state index in [2.05, 4.69) is 31.2 Å². The molecule has 0 saturated carbocycles. The molecule has 0 radical (unpaired) electrons. The Labute approximate surface area is 124 Å². The van der Waals surface area contributed by atoms with Gasteiger partial charge in [-0.05, 0) is 40.0 Å². The smallest absolute Gasteiger partial charge is 0.130 e. The third-order valence-corrected chi connectivity index (χ3v) is 3.37. The van der Waals surface area contributed by atoms with Crippen molar-refractivity contribution in [3.8, 4) is 0 Å². The van der Waals surface area contributed by atoms with Crippen LogP contribution in [0, 0.1) is 0 Å². The van der Waals surface area contributed by atoms with Gasteiger partial charge in [-0.3, -0.25) is 0 Å². The highest BCUT2D eigenvalue weighted by molar-refractivity contribution is 9.10. The van der Waals surface area contributed by atoms with Crippen LogP contribution in [0.3, 0.4) is 0 Å². The van der Waals surface area contributed by atoms with Crippen molar-refractivity contribution in [2.45, 2.75) is 6.42 Å². The molecule has 0 aliphatic carbocycles. The zero-order valence-electron chi connectivity index (χ0n) is 9.33. The molecule has 1 N–H and O–H groups in total. The van der Waals surface area contributed by atoms with Crippen LogP contribution in [0.2, 0.25) is 10.0 Å². The van der Waals surface area contributed by atoms with Gasteiger partial charge in [0.2, 0.25) is 0 Å². The van der Waals surface area contributed by atoms with Crippen molar-refractivity contribution >= 4 is 44.9 Å². The first kappa shape index (κ1) is 13.6. The average Bonchev–Trinajstić information content (AvgIpc) is 2.32. The van der Waals surface area contributed by atoms with Crippen LogP contribution in [0.5, 0.6) is 0 Å². The van der Waals surface area contributed by atoms with Crippen molar-refractivity contribution in [2.75, 3.05) is 11.9 Å². The number of nitrogens with zero attached hydrogens (tertiary/aromatic N) is 2. The molecule has 1 aromatic heterocycles. The first-order valence-electron chi connectivity index (χ1n) is 5.30. The number of anilines is 1. The van der Waals surface area contributed by atoms with Crippen molar-refractivity contribution in [1.29, 1.82) is 0 Å². The Balaban J connectivity index is 1.92. The highest BCUT2D eigenvalue weighted by Crippen LogP contribution is 2.21. The monoisotopic (exact) mass is 345 g/mol. The molecule has 18 heavy (non-hydrogen) atoms. The average molecular weight is 347 g/mol. The van der Waals surface area contributed by atoms with Gasteiger partial charge in [0.25, 0.3) is 0 Å². The molecule has 1 aromatic carbocycles. The van der Waals surface area contributed by atoms with Crippen LogP contribution in [0.25, 0.3) is 0 Å². The molecule has 94 valence electrons. The Kier molecular flexibility index (Phi) is 4.80. The maximum absolute atomic E-state index is 6.09. The highest BCUT2D eigenvalue weighted by atomic mass is 79.9. The first-order valence-corrected chi connectivity index (χ1v) is 6.85. The van der Waals surface area contributed by atoms with Crippen LogP contribution in [0.15, 0.2) is 35.2 Å². The van der Waals surface area contributed by atoms with Crippen LogP contribution in [0.1, 0.15) is 5.56 Å². The highest BCUT2D eigenvalue weighted by Gasteiger charge is 2.01. The maximum Gasteiger partial charge on any atom is 0.130 e. The summed E-state index contributed by atoms with van der Waals surface area (Å²) in [7, 11) is 0. The number of nitrogens with one attached hydrogen (secondary N) is 1. The van der Waals surface area contributed by atoms with Crippen LogP contribution in [-0.2, 0) is 6.42 Å². The zero-order chi connectivity index (χ0) is 13.0. The van der Waals surface area contributed by atoms with Crippen molar-refractivity contribution in [2.24, 2.45) is 0 Å². The molecule has 0 atom stereocenters. The summed E-state index contributed by atoms with van der Waals surface area (Å²) in [5.74, 6) is 0.780. The van der Waals surface area contributed by atoms with Crippen LogP contribution in [-0.4, -0.2) is 16.5 Å². The summed E-state index contributed by atoms with van der Waals surface area (Å²) >= 11 is 15.2. The summed E-state index contributed by atoms with van der Waals surface area (Å²) in [4.78, 5) is 8.06. The van der Waals surface area contributed by atoms with Gasteiger partial charge in [0, 0.05) is 22.7 Å². The maximum atomic E-state index is 6.09. The largest absolute Gasteiger partial charge is 0.370 e. The second-order valence-electron chi connectivity index (χ2n) is 3.64. The quantitative estimate of drug-likeness (QED) is 0.843. The number of rotatable bonds is 4. The normalized spacial score (nSPS) is 10.4. The second kappa shape index (κ2) is 6.36. The molecule has 2 rings (SSSR count). The fraction of sp³-hybridized carbons (Fsp3) is 0.167. The zero-order valence-corrected chi connectivity index (χ0v) is 12.4. The van der Waals surface area contributed by atoms with Gasteiger partial charge in [0.1, 0.15) is 16.7 Å². The Hall–Kier alpha value is -0.840. The van der Waals surface area contributed by atoms with Gasteiger partial charge in [0.15, 0.2) is 0 Å². The summed E-state index contributed by atoms with van der Waals surface area (Å²) in [6.07, 6.45) is 2.30. The molecule has 0 aliphatic heterocycles. The van der Waals surface area contributed by atoms with Crippen molar-refractivity contribution < 1.29 is 0 Å². The molecule has 0 unspecified atom stereocenters. The van der Waals surface area contributed by atoms with E-state index in [4.69, 9.17) is 23.2 Å². The lowest BCUT2D eigenvalue weighted by Crippen LogP contribution is -2.06. The third kappa shape index (κ3) is 3.83. The standard InChI is InChI=1S/C12H10BrCl2N3/c13-11-6-12(18-7-17-11)16-4-3-8-1-2-9(14)5-10(8)15/h1-2,5-7H,3-4H2,(H,16,17,18). The number of hydrogen-bond donors (Lipinski definition) is 1. The summed E-state index contributed by atoms with van der Waals surface area (Å²) in [6, 6.07) is 7.34. The molecule has 0 fully saturated rings. The van der Waals surface area contributed by atoms with E-state index in [1.165, 1.54) is 6.33 Å². The van der Waals surface area contributed by atoms with E-state index < -0.39 is 0 Å². The minimum absolute atomic E-state index is 0.649. The Bertz CT molecular complexity index is 549. The molecule has 3 nitrogen and oxygen atoms in total. The molecule has 2 aromatic rings. The number of aromatic nitrogens is 2. The third-order valence-electron chi connectivity index (χ3n) is 2.35. The molecule has 0 spiro atoms. The SMILES string of the molecule is Clc1ccc(CCNc2cc(Br)ncn2)c(Cl)c1. The Morgan fingerprint density at radius 2 is 2.00 bits per heavy atom. The predicted molar refractivity (Wildman–Crippen MR) is 78.4 cm³/mol. The summed E-state index contributed by atoms with van der Waals surface area (Å²) in [5.41, 5.74) is 1.06. The number of benzene rings is 1. The van der Waals surface area contributed by atoms with E-state index in [1.807, 2.05) is 18.2 Å². The fourth-order valence-electron chi connectivity index (χ4n) is 1.48. The molecule has 1 heterocycles. The van der Waals surface area contributed by atoms with Crippen LogP contribution >= 0.6 is 39.1 Å². The first-order chi connectivity index (χ1) is 8.65. The topological polar surface area (TPSA) is 37.8 Å². The van der Waals surface area contributed by atoms with Crippen molar-refractivity contribution in [3.63, 3.8) is 0 Å². The van der Waals surface area contributed by atoms with Gasteiger partial charge in [-0.2, -0.15) is 0 Å². The lowest BCUT2D eigenvalue weighted by atomic mass is 10.1. The lowest BCUT2D eigenvalue weighted by molar-refractivity contribution is 0.996. The van der Waals surface area contributed by atoms with Crippen LogP contribution < -0.4 is 5.32 Å². The van der Waals surface area contributed by atoms with Gasteiger partial charge >= 0.3 is 0 Å². The Morgan fingerprint density at radius 3 is 2.72 bits per heavy atom. The van der Waals surface area contributed by atoms with Gasteiger partial charge in [-0.1, -0.05) is 29.3 Å². The minimum atomic E-state index is 0.649. The van der Waals surface area contributed by atoms with Gasteiger partial charge in [-0.15, -0.1) is 0 Å². The molecule has 0 amide bonds. The molecular weight excluding hydrogens is 337 g/mol. The predicted octanol–water partition coefficient (Wildman–Crippen LogP) is 4.20. The van der Waals surface area contributed by atoms with Gasteiger partial charge in [0.05, 0.1) is 0 Å². The summed E-state index contributed by atoms with van der Waals surface area (Å²) < 4.78 is 0.754. The number of hydrogen-bond acceptors (Lipinski definition) is 3. The molecule has 0 aliphatic rings. The van der Waals surface area contributed by atoms with Crippen LogP contribution in [0.4, 0.5) is 5.82 Å². The van der Waals surface area contributed by atoms with E-state index in [9.17, 15) is 0 Å². The second-order valence-corrected chi connectivity index (χ2v) is 5.29. The van der Waals surface area contributed by atoms with E-state index >= 15 is 0 Å². The fourth-order valence-corrected chi connectivity index (χ4v) is 2.29. The van der Waals surface area contributed by atoms with Crippen molar-refractivity contribution in [3.05, 3.63) is 50.8 Å². The van der Waals surface area contributed by atoms with E-state index in [0.29, 0.717) is 10.0 Å².